The van der Waals surface area contributed by atoms with Gasteiger partial charge in [-0.15, -0.1) is 0 Å². The summed E-state index contributed by atoms with van der Waals surface area (Å²) in [5, 5.41) is 95.5. The first-order chi connectivity index (χ1) is 26.3. The Balaban J connectivity index is 5.85. The molecule has 0 saturated heterocycles. The van der Waals surface area contributed by atoms with Crippen molar-refractivity contribution >= 4 is 29.7 Å². The van der Waals surface area contributed by atoms with E-state index in [0.717, 1.165) is 0 Å². The molecule has 6 amide bonds. The van der Waals surface area contributed by atoms with Crippen LogP contribution in [-0.2, 0) is 19.2 Å². The highest BCUT2D eigenvalue weighted by Gasteiger charge is 2.32. The maximum atomic E-state index is 13.5. The summed E-state index contributed by atoms with van der Waals surface area (Å²) in [7, 11) is 1.45. The van der Waals surface area contributed by atoms with E-state index < -0.39 is 104 Å². The molecule has 0 radical (unpaired) electrons. The SMILES string of the molecule is C=CC(=C)NC(=O)[C@H](CCCNC(=O)NC)NC(=O)C(NC(=O)C(CCCCN(CC(O)C(O)C(O)CCO)CC(O)C(O)C(O)CCO)NC(C)=O)C(C)C. The average molecular weight is 806 g/mol. The molecule has 20 nitrogen and oxygen atoms in total. The molecule has 0 aromatic rings. The monoisotopic (exact) mass is 805 g/mol. The van der Waals surface area contributed by atoms with Crippen LogP contribution in [0.3, 0.4) is 0 Å². The molecule has 14 N–H and O–H groups in total. The number of aliphatic hydroxyl groups excluding tert-OH is 8. The van der Waals surface area contributed by atoms with Crippen molar-refractivity contribution in [2.75, 3.05) is 46.4 Å². The molecule has 9 atom stereocenters. The van der Waals surface area contributed by atoms with E-state index in [1.165, 1.54) is 24.9 Å². The Bertz CT molecular complexity index is 1200. The van der Waals surface area contributed by atoms with Gasteiger partial charge in [0.2, 0.25) is 23.6 Å². The van der Waals surface area contributed by atoms with Crippen LogP contribution in [0.25, 0.3) is 0 Å². The van der Waals surface area contributed by atoms with Gasteiger partial charge in [-0.1, -0.05) is 27.0 Å². The van der Waals surface area contributed by atoms with Crippen molar-refractivity contribution in [3.63, 3.8) is 0 Å². The largest absolute Gasteiger partial charge is 0.396 e. The summed E-state index contributed by atoms with van der Waals surface area (Å²) in [6.45, 7) is 10.6. The van der Waals surface area contributed by atoms with Gasteiger partial charge in [0.15, 0.2) is 0 Å². The van der Waals surface area contributed by atoms with Crippen LogP contribution < -0.4 is 31.9 Å². The van der Waals surface area contributed by atoms with Crippen molar-refractivity contribution in [2.45, 2.75) is 120 Å². The molecule has 20 heteroatoms. The summed E-state index contributed by atoms with van der Waals surface area (Å²) in [5.41, 5.74) is 0.198. The van der Waals surface area contributed by atoms with Gasteiger partial charge in [0, 0.05) is 52.5 Å². The summed E-state index contributed by atoms with van der Waals surface area (Å²) >= 11 is 0. The molecule has 0 aromatic heterocycles. The highest BCUT2D eigenvalue weighted by atomic mass is 16.4. The number of unbranched alkanes of at least 4 members (excludes halogenated alkanes) is 1. The van der Waals surface area contributed by atoms with Gasteiger partial charge in [0.1, 0.15) is 30.3 Å². The Kier molecular flexibility index (Phi) is 26.7. The summed E-state index contributed by atoms with van der Waals surface area (Å²) in [6.07, 6.45) is -7.38. The van der Waals surface area contributed by atoms with Crippen LogP contribution in [0.4, 0.5) is 4.79 Å². The highest BCUT2D eigenvalue weighted by Crippen LogP contribution is 2.13. The second kappa shape index (κ2) is 28.6. The van der Waals surface area contributed by atoms with Crippen LogP contribution in [0.1, 0.15) is 65.7 Å². The molecule has 0 heterocycles. The van der Waals surface area contributed by atoms with Crippen molar-refractivity contribution < 1.29 is 64.8 Å². The topological polar surface area (TPSA) is 323 Å². The van der Waals surface area contributed by atoms with Gasteiger partial charge >= 0.3 is 6.03 Å². The minimum absolute atomic E-state index is 0.0690. The van der Waals surface area contributed by atoms with Gasteiger partial charge in [-0.2, -0.15) is 0 Å². The zero-order chi connectivity index (χ0) is 43.0. The fraction of sp³-hybridized carbons (Fsp3) is 0.750. The van der Waals surface area contributed by atoms with Crippen LogP contribution in [-0.4, -0.2) is 177 Å². The molecule has 0 saturated carbocycles. The second-order valence-electron chi connectivity index (χ2n) is 13.9. The lowest BCUT2D eigenvalue weighted by molar-refractivity contribution is -0.134. The molecule has 0 aromatic carbocycles. The Hall–Kier alpha value is -3.73. The molecular formula is C36H67N7O13. The van der Waals surface area contributed by atoms with E-state index in [4.69, 9.17) is 10.2 Å². The lowest BCUT2D eigenvalue weighted by Crippen LogP contribution is -2.58. The van der Waals surface area contributed by atoms with Gasteiger partial charge in [-0.05, 0) is 63.5 Å². The highest BCUT2D eigenvalue weighted by molar-refractivity contribution is 5.94. The molecular weight excluding hydrogens is 738 g/mol. The van der Waals surface area contributed by atoms with Crippen molar-refractivity contribution in [2.24, 2.45) is 5.92 Å². The summed E-state index contributed by atoms with van der Waals surface area (Å²) in [4.78, 5) is 65.2. The number of carbonyl (C=O) groups excluding carboxylic acids is 5. The zero-order valence-electron chi connectivity index (χ0n) is 33.0. The van der Waals surface area contributed by atoms with E-state index in [9.17, 15) is 54.6 Å². The molecule has 0 aliphatic heterocycles. The van der Waals surface area contributed by atoms with Crippen molar-refractivity contribution in [1.29, 1.82) is 0 Å². The fourth-order valence-electron chi connectivity index (χ4n) is 5.53. The van der Waals surface area contributed by atoms with E-state index in [0.29, 0.717) is 6.42 Å². The summed E-state index contributed by atoms with van der Waals surface area (Å²) in [5.74, 6) is -2.95. The van der Waals surface area contributed by atoms with Crippen molar-refractivity contribution in [3.05, 3.63) is 24.9 Å². The number of nitrogens with one attached hydrogen (secondary N) is 6. The molecule has 0 aliphatic rings. The van der Waals surface area contributed by atoms with Crippen LogP contribution in [0.2, 0.25) is 0 Å². The third kappa shape index (κ3) is 21.0. The van der Waals surface area contributed by atoms with E-state index in [-0.39, 0.29) is 70.4 Å². The number of aliphatic hydroxyl groups is 8. The standard InChI is InChI=1S/C36H67N7O13/c1-7-22(4)39-33(53)25(12-10-15-38-36(56)37-6)41-35(55)30(21(2)3)42-34(54)24(40-23(5)46)11-8-9-16-43(19-28(49)31(51)26(47)13-17-44)20-29(50)32(52)27(48)14-18-45/h7,21,24-32,44-45,47-52H,1,4,8-20H2,2-3,5-6H3,(H,39,53)(H,40,46)(H,41,55)(H,42,54)(H2,37,38,56)/t24?,25-,26?,27?,28?,29?,30?,31?,32?/m0/s1. The number of rotatable bonds is 30. The third-order valence-electron chi connectivity index (χ3n) is 8.82. The van der Waals surface area contributed by atoms with Crippen molar-refractivity contribution in [1.82, 2.24) is 36.8 Å². The number of hydrogen-bond acceptors (Lipinski definition) is 14. The first-order valence-corrected chi connectivity index (χ1v) is 18.8. The van der Waals surface area contributed by atoms with Crippen LogP contribution >= 0.6 is 0 Å². The van der Waals surface area contributed by atoms with Crippen LogP contribution in [0.15, 0.2) is 24.9 Å². The molecule has 0 bridgehead atoms. The average Bonchev–Trinajstić information content (AvgIpc) is 3.14. The Morgan fingerprint density at radius 1 is 0.696 bits per heavy atom. The van der Waals surface area contributed by atoms with Crippen LogP contribution in [0.5, 0.6) is 0 Å². The lowest BCUT2D eigenvalue weighted by Gasteiger charge is -2.32. The van der Waals surface area contributed by atoms with Gasteiger partial charge in [0.05, 0.1) is 24.4 Å². The molecule has 56 heavy (non-hydrogen) atoms. The summed E-state index contributed by atoms with van der Waals surface area (Å²) in [6, 6.07) is -3.74. The molecule has 324 valence electrons. The summed E-state index contributed by atoms with van der Waals surface area (Å²) < 4.78 is 0. The van der Waals surface area contributed by atoms with Crippen LogP contribution in [0, 0.1) is 5.92 Å². The number of carbonyl (C=O) groups is 5. The quantitative estimate of drug-likeness (QED) is 0.0244. The number of hydrogen-bond donors (Lipinski definition) is 14. The predicted octanol–water partition coefficient (Wildman–Crippen LogP) is -3.96. The number of urea groups is 1. The van der Waals surface area contributed by atoms with Gasteiger partial charge < -0.3 is 72.8 Å². The number of allylic oxidation sites excluding steroid dienone is 1. The number of nitrogens with zero attached hydrogens (tertiary/aromatic N) is 1. The smallest absolute Gasteiger partial charge is 0.314 e. The molecule has 0 spiro atoms. The Labute approximate surface area is 328 Å². The number of amides is 6. The predicted molar refractivity (Wildman–Crippen MR) is 205 cm³/mol. The molecule has 0 rings (SSSR count). The van der Waals surface area contributed by atoms with E-state index in [2.05, 4.69) is 45.1 Å². The fourth-order valence-corrected chi connectivity index (χ4v) is 5.53. The Morgan fingerprint density at radius 3 is 1.68 bits per heavy atom. The normalized spacial score (nSPS) is 16.2. The van der Waals surface area contributed by atoms with Gasteiger partial charge in [0.25, 0.3) is 0 Å². The van der Waals surface area contributed by atoms with Gasteiger partial charge in [-0.25, -0.2) is 4.79 Å². The van der Waals surface area contributed by atoms with Gasteiger partial charge in [-0.3, -0.25) is 24.1 Å². The van der Waals surface area contributed by atoms with Crippen molar-refractivity contribution in [3.8, 4) is 0 Å². The second-order valence-corrected chi connectivity index (χ2v) is 13.9. The van der Waals surface area contributed by atoms with E-state index >= 15 is 0 Å². The third-order valence-corrected chi connectivity index (χ3v) is 8.82. The minimum Gasteiger partial charge on any atom is -0.396 e. The molecule has 8 unspecified atom stereocenters. The van der Waals surface area contributed by atoms with E-state index in [1.807, 2.05) is 0 Å². The first kappa shape index (κ1) is 52.3. The molecule has 0 fully saturated rings. The van der Waals surface area contributed by atoms with E-state index in [1.54, 1.807) is 13.8 Å². The minimum atomic E-state index is -1.66. The zero-order valence-corrected chi connectivity index (χ0v) is 33.0. The Morgan fingerprint density at radius 2 is 1.21 bits per heavy atom. The maximum absolute atomic E-state index is 13.5. The molecule has 0 aliphatic carbocycles. The first-order valence-electron chi connectivity index (χ1n) is 18.8. The maximum Gasteiger partial charge on any atom is 0.314 e. The lowest BCUT2D eigenvalue weighted by atomic mass is 10.0.